The van der Waals surface area contributed by atoms with E-state index < -0.39 is 16.1 Å². The van der Waals surface area contributed by atoms with Crippen LogP contribution in [0.15, 0.2) is 47.4 Å². The zero-order chi connectivity index (χ0) is 23.3. The average Bonchev–Trinajstić information content (AvgIpc) is 2.79. The van der Waals surface area contributed by atoms with Gasteiger partial charge in [-0.25, -0.2) is 8.42 Å². The lowest BCUT2D eigenvalue weighted by molar-refractivity contribution is -0.134. The van der Waals surface area contributed by atoms with E-state index >= 15 is 0 Å². The molecule has 1 aliphatic heterocycles. The van der Waals surface area contributed by atoms with E-state index in [9.17, 15) is 13.2 Å². The highest BCUT2D eigenvalue weighted by Crippen LogP contribution is 2.24. The third-order valence-electron chi connectivity index (χ3n) is 5.39. The molecule has 0 saturated carbocycles. The van der Waals surface area contributed by atoms with Crippen LogP contribution in [0, 0.1) is 0 Å². The predicted octanol–water partition coefficient (Wildman–Crippen LogP) is 2.37. The van der Waals surface area contributed by atoms with Crippen molar-refractivity contribution in [3.63, 3.8) is 0 Å². The van der Waals surface area contributed by atoms with E-state index in [0.29, 0.717) is 43.5 Å². The fourth-order valence-corrected chi connectivity index (χ4v) is 5.01. The molecule has 0 aromatic heterocycles. The highest BCUT2D eigenvalue weighted by atomic mass is 35.5. The van der Waals surface area contributed by atoms with Gasteiger partial charge >= 0.3 is 0 Å². The van der Waals surface area contributed by atoms with Crippen LogP contribution in [0.1, 0.15) is 12.5 Å². The molecule has 0 spiro atoms. The Labute approximate surface area is 194 Å². The van der Waals surface area contributed by atoms with Crippen molar-refractivity contribution in [1.29, 1.82) is 0 Å². The molecule has 1 fully saturated rings. The number of amides is 1. The van der Waals surface area contributed by atoms with Gasteiger partial charge < -0.3 is 14.4 Å². The van der Waals surface area contributed by atoms with Crippen LogP contribution < -0.4 is 14.2 Å². The van der Waals surface area contributed by atoms with Crippen molar-refractivity contribution >= 4 is 27.5 Å². The molecule has 0 radical (unpaired) electrons. The topological polar surface area (TPSA) is 88.2 Å². The number of hydrogen-bond donors (Lipinski definition) is 1. The minimum Gasteiger partial charge on any atom is -0.497 e. The summed E-state index contributed by atoms with van der Waals surface area (Å²) >= 11 is 6.11. The molecule has 0 unspecified atom stereocenters. The molecule has 32 heavy (non-hydrogen) atoms. The fourth-order valence-electron chi connectivity index (χ4n) is 3.62. The van der Waals surface area contributed by atoms with Crippen molar-refractivity contribution in [3.8, 4) is 11.5 Å². The molecule has 1 amide bonds. The first kappa shape index (κ1) is 24.3. The van der Waals surface area contributed by atoms with Gasteiger partial charge in [-0.2, -0.15) is 4.72 Å². The van der Waals surface area contributed by atoms with Gasteiger partial charge in [0.25, 0.3) is 0 Å². The van der Waals surface area contributed by atoms with Crippen molar-refractivity contribution < 1.29 is 22.7 Å². The highest BCUT2D eigenvalue weighted by molar-refractivity contribution is 7.89. The number of halogens is 1. The van der Waals surface area contributed by atoms with Crippen LogP contribution in [0.25, 0.3) is 0 Å². The van der Waals surface area contributed by atoms with Gasteiger partial charge in [0, 0.05) is 43.3 Å². The van der Waals surface area contributed by atoms with E-state index in [1.165, 1.54) is 19.2 Å². The summed E-state index contributed by atoms with van der Waals surface area (Å²) in [5.74, 6) is 1.08. The number of rotatable bonds is 8. The van der Waals surface area contributed by atoms with Crippen LogP contribution in [0.5, 0.6) is 11.5 Å². The molecule has 1 heterocycles. The van der Waals surface area contributed by atoms with Crippen LogP contribution in [0.2, 0.25) is 5.02 Å². The normalized spacial score (nSPS) is 15.9. The van der Waals surface area contributed by atoms with Crippen LogP contribution in [0.4, 0.5) is 0 Å². The third kappa shape index (κ3) is 5.92. The van der Waals surface area contributed by atoms with Crippen molar-refractivity contribution in [3.05, 3.63) is 53.1 Å². The SMILES string of the molecule is COc1ccc(S(=O)(=O)N[C@@H](C)C(=O)N2CCN(Cc3cc(Cl)ccc3OC)CC2)cc1. The molecule has 1 atom stereocenters. The second-order valence-electron chi connectivity index (χ2n) is 7.58. The van der Waals surface area contributed by atoms with Gasteiger partial charge in [-0.15, -0.1) is 0 Å². The standard InChI is InChI=1S/C22H28ClN3O5S/c1-16(24-32(28,29)20-7-5-19(30-2)6-8-20)22(27)26-12-10-25(11-13-26)15-17-14-18(23)4-9-21(17)31-3/h4-9,14,16,24H,10-13,15H2,1-3H3/t16-/m0/s1. The largest absolute Gasteiger partial charge is 0.497 e. The lowest BCUT2D eigenvalue weighted by atomic mass is 10.1. The number of ether oxygens (including phenoxy) is 2. The molecule has 0 bridgehead atoms. The molecular weight excluding hydrogens is 454 g/mol. The average molecular weight is 482 g/mol. The van der Waals surface area contributed by atoms with E-state index in [-0.39, 0.29) is 10.8 Å². The maximum absolute atomic E-state index is 12.8. The molecule has 2 aromatic rings. The molecule has 1 saturated heterocycles. The number of hydrogen-bond acceptors (Lipinski definition) is 6. The van der Waals surface area contributed by atoms with Gasteiger partial charge in [0.05, 0.1) is 25.2 Å². The molecule has 10 heteroatoms. The number of benzene rings is 2. The Morgan fingerprint density at radius 2 is 1.72 bits per heavy atom. The van der Waals surface area contributed by atoms with Crippen LogP contribution >= 0.6 is 11.6 Å². The van der Waals surface area contributed by atoms with E-state index in [4.69, 9.17) is 21.1 Å². The number of piperazine rings is 1. The molecule has 2 aromatic carbocycles. The summed E-state index contributed by atoms with van der Waals surface area (Å²) in [5, 5.41) is 0.646. The second-order valence-corrected chi connectivity index (χ2v) is 9.73. The van der Waals surface area contributed by atoms with Crippen LogP contribution in [-0.2, 0) is 21.4 Å². The summed E-state index contributed by atoms with van der Waals surface area (Å²) in [5.41, 5.74) is 0.986. The first-order chi connectivity index (χ1) is 15.2. The zero-order valence-corrected chi connectivity index (χ0v) is 19.9. The third-order valence-corrected chi connectivity index (χ3v) is 7.18. The summed E-state index contributed by atoms with van der Waals surface area (Å²) in [6.07, 6.45) is 0. The van der Waals surface area contributed by atoms with Gasteiger partial charge in [0.2, 0.25) is 15.9 Å². The smallest absolute Gasteiger partial charge is 0.241 e. The van der Waals surface area contributed by atoms with Gasteiger partial charge in [-0.1, -0.05) is 11.6 Å². The minimum atomic E-state index is -3.82. The number of methoxy groups -OCH3 is 2. The fraction of sp³-hybridized carbons (Fsp3) is 0.409. The number of nitrogens with zero attached hydrogens (tertiary/aromatic N) is 2. The van der Waals surface area contributed by atoms with Gasteiger partial charge in [-0.3, -0.25) is 9.69 Å². The molecule has 174 valence electrons. The van der Waals surface area contributed by atoms with Crippen molar-refractivity contribution in [2.75, 3.05) is 40.4 Å². The summed E-state index contributed by atoms with van der Waals surface area (Å²) in [6, 6.07) is 10.7. The van der Waals surface area contributed by atoms with E-state index in [1.807, 2.05) is 12.1 Å². The lowest BCUT2D eigenvalue weighted by Crippen LogP contribution is -2.53. The van der Waals surface area contributed by atoms with Crippen LogP contribution in [-0.4, -0.2) is 70.6 Å². The maximum Gasteiger partial charge on any atom is 0.241 e. The highest BCUT2D eigenvalue weighted by Gasteiger charge is 2.28. The Morgan fingerprint density at radius 1 is 1.06 bits per heavy atom. The van der Waals surface area contributed by atoms with E-state index in [1.54, 1.807) is 37.1 Å². The molecule has 1 N–H and O–H groups in total. The molecular formula is C22H28ClN3O5S. The Hall–Kier alpha value is -2.33. The summed E-state index contributed by atoms with van der Waals surface area (Å²) in [7, 11) is -0.691. The monoisotopic (exact) mass is 481 g/mol. The first-order valence-corrected chi connectivity index (χ1v) is 12.1. The van der Waals surface area contributed by atoms with Crippen molar-refractivity contribution in [1.82, 2.24) is 14.5 Å². The van der Waals surface area contributed by atoms with Gasteiger partial charge in [-0.05, 0) is 49.4 Å². The maximum atomic E-state index is 12.8. The second kappa shape index (κ2) is 10.5. The predicted molar refractivity (Wildman–Crippen MR) is 123 cm³/mol. The Bertz CT molecular complexity index is 1040. The zero-order valence-electron chi connectivity index (χ0n) is 18.4. The van der Waals surface area contributed by atoms with E-state index in [0.717, 1.165) is 11.3 Å². The van der Waals surface area contributed by atoms with E-state index in [2.05, 4.69) is 9.62 Å². The Kier molecular flexibility index (Phi) is 8.00. The first-order valence-electron chi connectivity index (χ1n) is 10.2. The minimum absolute atomic E-state index is 0.0817. The van der Waals surface area contributed by atoms with Crippen molar-refractivity contribution in [2.45, 2.75) is 24.4 Å². The summed E-state index contributed by atoms with van der Waals surface area (Å²) in [4.78, 5) is 16.8. The summed E-state index contributed by atoms with van der Waals surface area (Å²) < 4.78 is 38.2. The van der Waals surface area contributed by atoms with Crippen LogP contribution in [0.3, 0.4) is 0 Å². The molecule has 8 nitrogen and oxygen atoms in total. The summed E-state index contributed by atoms with van der Waals surface area (Å²) in [6.45, 7) is 4.57. The Balaban J connectivity index is 1.56. The number of carbonyl (C=O) groups is 1. The number of carbonyl (C=O) groups excluding carboxylic acids is 1. The molecule has 1 aliphatic rings. The number of sulfonamides is 1. The molecule has 3 rings (SSSR count). The molecule has 0 aliphatic carbocycles. The van der Waals surface area contributed by atoms with Gasteiger partial charge in [0.1, 0.15) is 11.5 Å². The quantitative estimate of drug-likeness (QED) is 0.622. The van der Waals surface area contributed by atoms with Crippen molar-refractivity contribution in [2.24, 2.45) is 0 Å². The van der Waals surface area contributed by atoms with Gasteiger partial charge in [0.15, 0.2) is 0 Å². The Morgan fingerprint density at radius 3 is 2.31 bits per heavy atom. The number of nitrogens with one attached hydrogen (secondary N) is 1. The lowest BCUT2D eigenvalue weighted by Gasteiger charge is -2.36.